The summed E-state index contributed by atoms with van der Waals surface area (Å²) in [4.78, 5) is 25.8. The van der Waals surface area contributed by atoms with E-state index < -0.39 is 0 Å². The van der Waals surface area contributed by atoms with E-state index in [2.05, 4.69) is 26.1 Å². The van der Waals surface area contributed by atoms with Crippen molar-refractivity contribution in [2.45, 2.75) is 45.6 Å². The van der Waals surface area contributed by atoms with Crippen molar-refractivity contribution in [1.82, 2.24) is 4.90 Å². The molecule has 5 heteroatoms. The Morgan fingerprint density at radius 2 is 1.89 bits per heavy atom. The molecule has 28 heavy (non-hydrogen) atoms. The predicted octanol–water partition coefficient (Wildman–Crippen LogP) is 4.12. The summed E-state index contributed by atoms with van der Waals surface area (Å²) in [7, 11) is 0. The lowest BCUT2D eigenvalue weighted by atomic mass is 9.87. The Labute approximate surface area is 166 Å². The van der Waals surface area contributed by atoms with Gasteiger partial charge in [-0.3, -0.25) is 9.59 Å². The Kier molecular flexibility index (Phi) is 6.02. The molecule has 5 nitrogen and oxygen atoms in total. The molecule has 0 atom stereocenters. The summed E-state index contributed by atoms with van der Waals surface area (Å²) in [6, 6.07) is 15.4. The maximum atomic E-state index is 12.2. The van der Waals surface area contributed by atoms with Crippen LogP contribution in [0.3, 0.4) is 0 Å². The number of rotatable bonds is 6. The molecule has 2 aromatic rings. The van der Waals surface area contributed by atoms with E-state index in [1.807, 2.05) is 53.4 Å². The van der Waals surface area contributed by atoms with Crippen LogP contribution in [0.15, 0.2) is 48.5 Å². The summed E-state index contributed by atoms with van der Waals surface area (Å²) in [5, 5.41) is 2.86. The van der Waals surface area contributed by atoms with Crippen LogP contribution in [0.4, 0.5) is 5.69 Å². The molecule has 2 aromatic carbocycles. The number of carbonyl (C=O) groups is 2. The highest BCUT2D eigenvalue weighted by Gasteiger charge is 2.20. The Hall–Kier alpha value is -2.82. The first kappa shape index (κ1) is 19.9. The quantitative estimate of drug-likeness (QED) is 0.820. The van der Waals surface area contributed by atoms with Crippen LogP contribution in [0.5, 0.6) is 5.75 Å². The van der Waals surface area contributed by atoms with Crippen LogP contribution in [0.25, 0.3) is 0 Å². The van der Waals surface area contributed by atoms with Crippen molar-refractivity contribution >= 4 is 17.5 Å². The summed E-state index contributed by atoms with van der Waals surface area (Å²) in [5.41, 5.74) is 3.02. The number of benzene rings is 2. The average molecular weight is 380 g/mol. The van der Waals surface area contributed by atoms with Crippen LogP contribution in [0, 0.1) is 0 Å². The van der Waals surface area contributed by atoms with Crippen LogP contribution < -0.4 is 10.1 Å². The van der Waals surface area contributed by atoms with E-state index >= 15 is 0 Å². The fraction of sp³-hybridized carbons (Fsp3) is 0.391. The van der Waals surface area contributed by atoms with E-state index in [9.17, 15) is 9.59 Å². The molecule has 1 aliphatic rings. The number of ether oxygens (including phenoxy) is 1. The van der Waals surface area contributed by atoms with Gasteiger partial charge in [0, 0.05) is 25.2 Å². The first-order valence-corrected chi connectivity index (χ1v) is 9.71. The van der Waals surface area contributed by atoms with E-state index in [0.717, 1.165) is 18.5 Å². The smallest absolute Gasteiger partial charge is 0.262 e. The minimum Gasteiger partial charge on any atom is -0.484 e. The van der Waals surface area contributed by atoms with Gasteiger partial charge in [-0.1, -0.05) is 45.0 Å². The molecular formula is C23H28N2O3. The van der Waals surface area contributed by atoms with E-state index in [4.69, 9.17) is 4.74 Å². The number of hydrogen-bond acceptors (Lipinski definition) is 3. The zero-order chi connectivity index (χ0) is 20.1. The first-order valence-electron chi connectivity index (χ1n) is 9.71. The predicted molar refractivity (Wildman–Crippen MR) is 110 cm³/mol. The lowest BCUT2D eigenvalue weighted by molar-refractivity contribution is -0.128. The number of anilines is 1. The number of nitrogens with zero attached hydrogens (tertiary/aromatic N) is 1. The molecule has 0 aliphatic carbocycles. The van der Waals surface area contributed by atoms with Crippen LogP contribution in [-0.2, 0) is 21.5 Å². The zero-order valence-corrected chi connectivity index (χ0v) is 16.8. The third kappa shape index (κ3) is 5.35. The van der Waals surface area contributed by atoms with Gasteiger partial charge < -0.3 is 15.0 Å². The third-order valence-corrected chi connectivity index (χ3v) is 4.85. The normalized spacial score (nSPS) is 14.2. The first-order chi connectivity index (χ1) is 13.3. The second-order valence-corrected chi connectivity index (χ2v) is 8.23. The maximum Gasteiger partial charge on any atom is 0.262 e. The van der Waals surface area contributed by atoms with Crippen molar-refractivity contribution < 1.29 is 14.3 Å². The second kappa shape index (κ2) is 8.46. The maximum absolute atomic E-state index is 12.2. The monoisotopic (exact) mass is 380 g/mol. The van der Waals surface area contributed by atoms with Gasteiger partial charge in [0.05, 0.1) is 0 Å². The molecular weight excluding hydrogens is 352 g/mol. The largest absolute Gasteiger partial charge is 0.484 e. The van der Waals surface area contributed by atoms with E-state index in [1.165, 1.54) is 5.56 Å². The topological polar surface area (TPSA) is 58.6 Å². The van der Waals surface area contributed by atoms with Gasteiger partial charge in [-0.2, -0.15) is 0 Å². The van der Waals surface area contributed by atoms with Crippen molar-refractivity contribution in [3.8, 4) is 5.75 Å². The number of nitrogens with one attached hydrogen (secondary N) is 1. The van der Waals surface area contributed by atoms with Gasteiger partial charge in [-0.15, -0.1) is 0 Å². The summed E-state index contributed by atoms with van der Waals surface area (Å²) < 4.78 is 5.59. The molecule has 2 amide bonds. The molecule has 3 rings (SSSR count). The van der Waals surface area contributed by atoms with E-state index in [1.54, 1.807) is 0 Å². The molecule has 1 heterocycles. The number of likely N-dealkylation sites (tertiary alicyclic amines) is 1. The van der Waals surface area contributed by atoms with Gasteiger partial charge in [-0.25, -0.2) is 0 Å². The number of amides is 2. The minimum absolute atomic E-state index is 0.0519. The second-order valence-electron chi connectivity index (χ2n) is 8.23. The lowest BCUT2D eigenvalue weighted by Crippen LogP contribution is -2.24. The highest BCUT2D eigenvalue weighted by molar-refractivity contribution is 5.92. The van der Waals surface area contributed by atoms with Gasteiger partial charge in [0.1, 0.15) is 5.75 Å². The number of hydrogen-bond donors (Lipinski definition) is 1. The van der Waals surface area contributed by atoms with Crippen LogP contribution >= 0.6 is 0 Å². The zero-order valence-electron chi connectivity index (χ0n) is 16.8. The Balaban J connectivity index is 1.52. The summed E-state index contributed by atoms with van der Waals surface area (Å²) in [6.07, 6.45) is 1.55. The van der Waals surface area contributed by atoms with E-state index in [0.29, 0.717) is 24.4 Å². The van der Waals surface area contributed by atoms with Crippen molar-refractivity contribution in [3.05, 3.63) is 59.7 Å². The van der Waals surface area contributed by atoms with Crippen LogP contribution in [0.2, 0.25) is 0 Å². The average Bonchev–Trinajstić information content (AvgIpc) is 3.04. The fourth-order valence-electron chi connectivity index (χ4n) is 3.24. The van der Waals surface area contributed by atoms with Gasteiger partial charge in [0.15, 0.2) is 6.61 Å². The molecule has 1 N–H and O–H groups in total. The molecule has 1 fully saturated rings. The molecule has 1 aliphatic heterocycles. The molecule has 0 spiro atoms. The highest BCUT2D eigenvalue weighted by Crippen LogP contribution is 2.24. The molecule has 0 radical (unpaired) electrons. The summed E-state index contributed by atoms with van der Waals surface area (Å²) in [6.45, 7) is 7.80. The molecule has 148 valence electrons. The minimum atomic E-state index is -0.214. The van der Waals surface area contributed by atoms with Crippen molar-refractivity contribution in [1.29, 1.82) is 0 Å². The van der Waals surface area contributed by atoms with Crippen LogP contribution in [-0.4, -0.2) is 29.9 Å². The molecule has 0 aromatic heterocycles. The third-order valence-electron chi connectivity index (χ3n) is 4.85. The Morgan fingerprint density at radius 3 is 2.54 bits per heavy atom. The Bertz CT molecular complexity index is 838. The standard InChI is InChI=1S/C23H28N2O3/c1-23(2,3)18-9-11-20(12-10-18)28-16-21(26)24-19-7-4-6-17(14-19)15-25-13-5-8-22(25)27/h4,6-7,9-12,14H,5,8,13,15-16H2,1-3H3,(H,24,26). The van der Waals surface area contributed by atoms with E-state index in [-0.39, 0.29) is 23.8 Å². The van der Waals surface area contributed by atoms with Crippen LogP contribution in [0.1, 0.15) is 44.7 Å². The van der Waals surface area contributed by atoms with Crippen molar-refractivity contribution in [2.75, 3.05) is 18.5 Å². The highest BCUT2D eigenvalue weighted by atomic mass is 16.5. The van der Waals surface area contributed by atoms with Gasteiger partial charge in [-0.05, 0) is 47.2 Å². The fourth-order valence-corrected chi connectivity index (χ4v) is 3.24. The SMILES string of the molecule is CC(C)(C)c1ccc(OCC(=O)Nc2cccc(CN3CCCC3=O)c2)cc1. The van der Waals surface area contributed by atoms with Gasteiger partial charge in [0.25, 0.3) is 5.91 Å². The summed E-state index contributed by atoms with van der Waals surface area (Å²) in [5.74, 6) is 0.652. The molecule has 0 bridgehead atoms. The molecule has 0 saturated carbocycles. The summed E-state index contributed by atoms with van der Waals surface area (Å²) >= 11 is 0. The van der Waals surface area contributed by atoms with Gasteiger partial charge >= 0.3 is 0 Å². The van der Waals surface area contributed by atoms with Crippen molar-refractivity contribution in [2.24, 2.45) is 0 Å². The molecule has 0 unspecified atom stereocenters. The number of carbonyl (C=O) groups excluding carboxylic acids is 2. The lowest BCUT2D eigenvalue weighted by Gasteiger charge is -2.19. The van der Waals surface area contributed by atoms with Crippen molar-refractivity contribution in [3.63, 3.8) is 0 Å². The molecule has 1 saturated heterocycles. The Morgan fingerprint density at radius 1 is 1.14 bits per heavy atom. The van der Waals surface area contributed by atoms with Gasteiger partial charge in [0.2, 0.25) is 5.91 Å².